The fraction of sp³-hybridized carbons (Fsp3) is 0.238. The zero-order valence-electron chi connectivity index (χ0n) is 15.3. The lowest BCUT2D eigenvalue weighted by molar-refractivity contribution is -0.667. The van der Waals surface area contributed by atoms with Crippen LogP contribution in [0.25, 0.3) is 33.6 Å². The first-order valence-corrected chi connectivity index (χ1v) is 8.47. The lowest BCUT2D eigenvalue weighted by Crippen LogP contribution is -2.36. The highest BCUT2D eigenvalue weighted by molar-refractivity contribution is 5.85. The van der Waals surface area contributed by atoms with Crippen LogP contribution in [0, 0.1) is 27.7 Å². The molecule has 0 unspecified atom stereocenters. The number of hydrogen-bond donors (Lipinski definition) is 0. The summed E-state index contributed by atoms with van der Waals surface area (Å²) < 4.78 is 2.12. The van der Waals surface area contributed by atoms with E-state index in [1.807, 2.05) is 31.3 Å². The summed E-state index contributed by atoms with van der Waals surface area (Å²) in [5.41, 5.74) is 9.31. The molecular formula is C21H21N4+. The highest BCUT2D eigenvalue weighted by Crippen LogP contribution is 2.25. The number of hydrogen-bond acceptors (Lipinski definition) is 3. The van der Waals surface area contributed by atoms with Gasteiger partial charge in [-0.3, -0.25) is 0 Å². The van der Waals surface area contributed by atoms with Gasteiger partial charge in [-0.05, 0) is 60.6 Å². The number of aryl methyl sites for hydroxylation is 3. The van der Waals surface area contributed by atoms with E-state index in [1.165, 1.54) is 16.7 Å². The van der Waals surface area contributed by atoms with E-state index in [0.717, 1.165) is 33.6 Å². The Kier molecular flexibility index (Phi) is 3.49. The van der Waals surface area contributed by atoms with E-state index in [0.29, 0.717) is 5.65 Å². The fourth-order valence-electron chi connectivity index (χ4n) is 3.32. The smallest absolute Gasteiger partial charge is 0.236 e. The third-order valence-electron chi connectivity index (χ3n) is 4.98. The Hall–Kier alpha value is -2.88. The van der Waals surface area contributed by atoms with Crippen molar-refractivity contribution in [2.45, 2.75) is 27.7 Å². The van der Waals surface area contributed by atoms with E-state index in [1.54, 1.807) is 0 Å². The number of aromatic nitrogens is 4. The number of nitrogens with zero attached hydrogens (tertiary/aromatic N) is 4. The molecule has 124 valence electrons. The molecule has 25 heavy (non-hydrogen) atoms. The predicted molar refractivity (Wildman–Crippen MR) is 100 cm³/mol. The lowest BCUT2D eigenvalue weighted by Gasteiger charge is -2.10. The average molecular weight is 329 g/mol. The molecule has 4 aromatic rings. The first-order valence-electron chi connectivity index (χ1n) is 8.47. The van der Waals surface area contributed by atoms with Crippen LogP contribution in [-0.4, -0.2) is 15.0 Å². The molecule has 0 atom stereocenters. The van der Waals surface area contributed by atoms with Gasteiger partial charge in [-0.15, -0.1) is 0 Å². The summed E-state index contributed by atoms with van der Waals surface area (Å²) in [7, 11) is 2.05. The second-order valence-electron chi connectivity index (χ2n) is 6.72. The van der Waals surface area contributed by atoms with Crippen LogP contribution in [0.2, 0.25) is 0 Å². The van der Waals surface area contributed by atoms with E-state index in [9.17, 15) is 0 Å². The van der Waals surface area contributed by atoms with Gasteiger partial charge in [0, 0.05) is 6.92 Å². The van der Waals surface area contributed by atoms with Gasteiger partial charge in [0.2, 0.25) is 0 Å². The number of benzene rings is 2. The Labute approximate surface area is 147 Å². The molecule has 2 heterocycles. The van der Waals surface area contributed by atoms with Gasteiger partial charge >= 0.3 is 5.82 Å². The van der Waals surface area contributed by atoms with Gasteiger partial charge < -0.3 is 0 Å². The van der Waals surface area contributed by atoms with Crippen molar-refractivity contribution < 1.29 is 4.57 Å². The third-order valence-corrected chi connectivity index (χ3v) is 4.98. The van der Waals surface area contributed by atoms with E-state index in [-0.39, 0.29) is 0 Å². The van der Waals surface area contributed by atoms with Crippen molar-refractivity contribution in [1.29, 1.82) is 0 Å². The van der Waals surface area contributed by atoms with Gasteiger partial charge in [-0.2, -0.15) is 0 Å². The molecule has 0 aliphatic heterocycles. The van der Waals surface area contributed by atoms with E-state index in [2.05, 4.69) is 44.4 Å². The monoisotopic (exact) mass is 329 g/mol. The highest BCUT2D eigenvalue weighted by atomic mass is 15.1. The molecule has 0 saturated heterocycles. The van der Waals surface area contributed by atoms with Crippen LogP contribution < -0.4 is 4.57 Å². The first kappa shape index (κ1) is 15.6. The molecule has 2 aromatic heterocycles. The Morgan fingerprint density at radius 3 is 2.24 bits per heavy atom. The molecule has 2 aromatic carbocycles. The number of fused-ring (bicyclic) bond motifs is 2. The van der Waals surface area contributed by atoms with Crippen molar-refractivity contribution >= 4 is 22.2 Å². The molecule has 0 spiro atoms. The summed E-state index contributed by atoms with van der Waals surface area (Å²) >= 11 is 0. The van der Waals surface area contributed by atoms with Crippen LogP contribution in [0.15, 0.2) is 36.4 Å². The van der Waals surface area contributed by atoms with Gasteiger partial charge in [0.15, 0.2) is 5.52 Å². The molecule has 0 aliphatic rings. The fourth-order valence-corrected chi connectivity index (χ4v) is 3.32. The van der Waals surface area contributed by atoms with Gasteiger partial charge in [0.25, 0.3) is 5.65 Å². The maximum absolute atomic E-state index is 4.89. The molecule has 0 radical (unpaired) electrons. The standard InChI is InChI=1S/C21H21N4/c1-12-10-13(2)14(3)16(11-12)21-24-20-19(15(4)25(21)5)22-17-8-6-7-9-18(17)23-20/h6-11H,1-5H3/q+1. The Morgan fingerprint density at radius 1 is 0.840 bits per heavy atom. The number of para-hydroxylation sites is 2. The highest BCUT2D eigenvalue weighted by Gasteiger charge is 2.23. The molecule has 0 N–H and O–H groups in total. The van der Waals surface area contributed by atoms with Crippen LogP contribution in [0.1, 0.15) is 22.4 Å². The SMILES string of the molecule is Cc1cc(C)c(C)c(-c2nc3nc4ccccc4nc3c(C)[n+]2C)c1. The molecule has 0 aliphatic carbocycles. The van der Waals surface area contributed by atoms with E-state index >= 15 is 0 Å². The second kappa shape index (κ2) is 5.59. The van der Waals surface area contributed by atoms with Crippen LogP contribution >= 0.6 is 0 Å². The normalized spacial score (nSPS) is 11.4. The summed E-state index contributed by atoms with van der Waals surface area (Å²) in [6.07, 6.45) is 0. The van der Waals surface area contributed by atoms with E-state index < -0.39 is 0 Å². The minimum atomic E-state index is 0.697. The minimum absolute atomic E-state index is 0.697. The Balaban J connectivity index is 2.09. The summed E-state index contributed by atoms with van der Waals surface area (Å²) in [5.74, 6) is 0.930. The van der Waals surface area contributed by atoms with Crippen molar-refractivity contribution in [2.75, 3.05) is 0 Å². The van der Waals surface area contributed by atoms with Crippen molar-refractivity contribution in [2.24, 2.45) is 7.05 Å². The van der Waals surface area contributed by atoms with Crippen molar-refractivity contribution in [3.8, 4) is 11.4 Å². The van der Waals surface area contributed by atoms with Crippen molar-refractivity contribution in [3.05, 3.63) is 58.8 Å². The molecule has 4 heteroatoms. The zero-order valence-corrected chi connectivity index (χ0v) is 15.3. The Bertz CT molecular complexity index is 1150. The van der Waals surface area contributed by atoms with Gasteiger partial charge in [0.1, 0.15) is 5.69 Å². The van der Waals surface area contributed by atoms with E-state index in [4.69, 9.17) is 15.0 Å². The van der Waals surface area contributed by atoms with Gasteiger partial charge in [0.05, 0.1) is 23.6 Å². The van der Waals surface area contributed by atoms with Crippen molar-refractivity contribution in [3.63, 3.8) is 0 Å². The third kappa shape index (κ3) is 2.45. The maximum Gasteiger partial charge on any atom is 0.333 e. The lowest BCUT2D eigenvalue weighted by atomic mass is 9.99. The second-order valence-corrected chi connectivity index (χ2v) is 6.72. The van der Waals surface area contributed by atoms with Crippen LogP contribution in [0.3, 0.4) is 0 Å². The molecule has 4 nitrogen and oxygen atoms in total. The van der Waals surface area contributed by atoms with Gasteiger partial charge in [-0.25, -0.2) is 14.5 Å². The molecular weight excluding hydrogens is 308 g/mol. The summed E-state index contributed by atoms with van der Waals surface area (Å²) in [6.45, 7) is 8.50. The van der Waals surface area contributed by atoms with Crippen LogP contribution in [0.4, 0.5) is 0 Å². The summed E-state index contributed by atoms with van der Waals surface area (Å²) in [4.78, 5) is 14.4. The topological polar surface area (TPSA) is 42.6 Å². The predicted octanol–water partition coefficient (Wildman–Crippen LogP) is 3.90. The summed E-state index contributed by atoms with van der Waals surface area (Å²) in [5, 5.41) is 0. The average Bonchev–Trinajstić information content (AvgIpc) is 2.60. The zero-order chi connectivity index (χ0) is 17.7. The molecule has 0 saturated carbocycles. The first-order chi connectivity index (χ1) is 12.0. The summed E-state index contributed by atoms with van der Waals surface area (Å²) in [6, 6.07) is 12.3. The van der Waals surface area contributed by atoms with Gasteiger partial charge in [-0.1, -0.05) is 18.2 Å². The molecule has 0 fully saturated rings. The molecule has 4 rings (SSSR count). The van der Waals surface area contributed by atoms with Crippen LogP contribution in [-0.2, 0) is 7.05 Å². The largest absolute Gasteiger partial charge is 0.333 e. The molecule has 0 bridgehead atoms. The Morgan fingerprint density at radius 2 is 1.52 bits per heavy atom. The quantitative estimate of drug-likeness (QED) is 0.393. The van der Waals surface area contributed by atoms with Crippen LogP contribution in [0.5, 0.6) is 0 Å². The number of rotatable bonds is 1. The minimum Gasteiger partial charge on any atom is -0.236 e. The molecule has 0 amide bonds. The van der Waals surface area contributed by atoms with Crippen molar-refractivity contribution in [1.82, 2.24) is 15.0 Å². The maximum atomic E-state index is 4.89.